The van der Waals surface area contributed by atoms with Gasteiger partial charge in [-0.05, 0) is 5.92 Å². The maximum atomic E-state index is 5.44. The van der Waals surface area contributed by atoms with E-state index >= 15 is 0 Å². The van der Waals surface area contributed by atoms with Gasteiger partial charge in [0.05, 0.1) is 0 Å². The van der Waals surface area contributed by atoms with Gasteiger partial charge < -0.3 is 0 Å². The molecule has 4 heteroatoms. The molecule has 0 radical (unpaired) electrons. The Balaban J connectivity index is 2.38. The van der Waals surface area contributed by atoms with Gasteiger partial charge >= 0.3 is 0 Å². The van der Waals surface area contributed by atoms with Crippen molar-refractivity contribution < 1.29 is 0 Å². The van der Waals surface area contributed by atoms with Crippen molar-refractivity contribution in [3.05, 3.63) is 35.0 Å². The maximum absolute atomic E-state index is 5.44. The van der Waals surface area contributed by atoms with Crippen LogP contribution in [0.15, 0.2) is 30.3 Å². The van der Waals surface area contributed by atoms with Gasteiger partial charge in [-0.3, -0.25) is 3.96 Å². The van der Waals surface area contributed by atoms with Crippen LogP contribution in [-0.4, -0.2) is 8.33 Å². The molecule has 0 aliphatic rings. The van der Waals surface area contributed by atoms with E-state index in [0.717, 1.165) is 22.4 Å². The fraction of sp³-hybridized carbons (Fsp3) is 0.333. The third-order valence-electron chi connectivity index (χ3n) is 2.24. The van der Waals surface area contributed by atoms with E-state index in [2.05, 4.69) is 22.2 Å². The molecule has 84 valence electrons. The van der Waals surface area contributed by atoms with Crippen molar-refractivity contribution in [1.82, 2.24) is 8.33 Å². The third-order valence-corrected chi connectivity index (χ3v) is 3.56. The minimum atomic E-state index is 0.593. The van der Waals surface area contributed by atoms with Crippen LogP contribution in [-0.2, 0) is 6.54 Å². The van der Waals surface area contributed by atoms with Crippen LogP contribution in [0.3, 0.4) is 0 Å². The van der Waals surface area contributed by atoms with Gasteiger partial charge in [0.25, 0.3) is 0 Å². The second-order valence-electron chi connectivity index (χ2n) is 4.15. The van der Waals surface area contributed by atoms with Crippen molar-refractivity contribution in [3.63, 3.8) is 0 Å². The zero-order valence-electron chi connectivity index (χ0n) is 9.38. The summed E-state index contributed by atoms with van der Waals surface area (Å²) in [4.78, 5) is 0. The second-order valence-corrected chi connectivity index (χ2v) is 5.32. The van der Waals surface area contributed by atoms with Gasteiger partial charge in [0.15, 0.2) is 0 Å². The van der Waals surface area contributed by atoms with Crippen molar-refractivity contribution in [2.45, 2.75) is 20.4 Å². The molecule has 16 heavy (non-hydrogen) atoms. The molecule has 2 aromatic rings. The monoisotopic (exact) mass is 250 g/mol. The van der Waals surface area contributed by atoms with Crippen LogP contribution >= 0.6 is 23.9 Å². The van der Waals surface area contributed by atoms with Crippen LogP contribution in [0.1, 0.15) is 13.8 Å². The zero-order chi connectivity index (χ0) is 11.5. The van der Waals surface area contributed by atoms with E-state index in [0.29, 0.717) is 5.92 Å². The summed E-state index contributed by atoms with van der Waals surface area (Å²) >= 11 is 6.90. The van der Waals surface area contributed by atoms with Crippen molar-refractivity contribution in [2.75, 3.05) is 0 Å². The Morgan fingerprint density at radius 2 is 2.00 bits per heavy atom. The Bertz CT molecular complexity index is 511. The normalized spacial score (nSPS) is 10.9. The molecule has 1 aromatic heterocycles. The summed E-state index contributed by atoms with van der Waals surface area (Å²) in [6, 6.07) is 10.1. The van der Waals surface area contributed by atoms with Crippen LogP contribution in [0.5, 0.6) is 0 Å². The van der Waals surface area contributed by atoms with Gasteiger partial charge in [-0.1, -0.05) is 56.4 Å². The van der Waals surface area contributed by atoms with E-state index in [1.54, 1.807) is 0 Å². The van der Waals surface area contributed by atoms with Crippen LogP contribution in [0.25, 0.3) is 11.3 Å². The average Bonchev–Trinajstić information content (AvgIpc) is 2.61. The highest BCUT2D eigenvalue weighted by Gasteiger charge is 2.08. The lowest BCUT2D eigenvalue weighted by Gasteiger charge is -2.03. The first-order valence-electron chi connectivity index (χ1n) is 5.31. The topological polar surface area (TPSA) is 17.8 Å². The SMILES string of the molecule is CC(C)Cn1snc(-c2ccccc2)c1=S. The van der Waals surface area contributed by atoms with Gasteiger partial charge in [0.1, 0.15) is 10.3 Å². The molecular formula is C12H14N2S2. The Kier molecular flexibility index (Phi) is 3.51. The van der Waals surface area contributed by atoms with Crippen LogP contribution in [0.2, 0.25) is 0 Å². The summed E-state index contributed by atoms with van der Waals surface area (Å²) in [7, 11) is 0. The van der Waals surface area contributed by atoms with Crippen LogP contribution in [0, 0.1) is 10.6 Å². The largest absolute Gasteiger partial charge is 0.270 e. The molecule has 0 saturated carbocycles. The fourth-order valence-electron chi connectivity index (χ4n) is 1.50. The minimum absolute atomic E-state index is 0.593. The number of nitrogens with zero attached hydrogens (tertiary/aromatic N) is 2. The standard InChI is InChI=1S/C12H14N2S2/c1-9(2)8-14-12(15)11(13-16-14)10-6-4-3-5-7-10/h3-7,9H,8H2,1-2H3. The predicted molar refractivity (Wildman–Crippen MR) is 71.2 cm³/mol. The van der Waals surface area contributed by atoms with Crippen molar-refractivity contribution in [2.24, 2.45) is 5.92 Å². The maximum Gasteiger partial charge on any atom is 0.144 e. The van der Waals surface area contributed by atoms with E-state index in [1.165, 1.54) is 11.7 Å². The van der Waals surface area contributed by atoms with E-state index in [1.807, 2.05) is 30.3 Å². The molecule has 0 fully saturated rings. The zero-order valence-corrected chi connectivity index (χ0v) is 11.0. The number of hydrogen-bond acceptors (Lipinski definition) is 3. The highest BCUT2D eigenvalue weighted by Crippen LogP contribution is 2.21. The van der Waals surface area contributed by atoms with Crippen LogP contribution in [0.4, 0.5) is 0 Å². The second kappa shape index (κ2) is 4.89. The Morgan fingerprint density at radius 3 is 2.62 bits per heavy atom. The Morgan fingerprint density at radius 1 is 1.31 bits per heavy atom. The van der Waals surface area contributed by atoms with Gasteiger partial charge in [-0.15, -0.1) is 0 Å². The third kappa shape index (κ3) is 2.39. The molecular weight excluding hydrogens is 236 g/mol. The van der Waals surface area contributed by atoms with Crippen molar-refractivity contribution in [3.8, 4) is 11.3 Å². The molecule has 0 saturated heterocycles. The lowest BCUT2D eigenvalue weighted by atomic mass is 10.2. The first-order chi connectivity index (χ1) is 7.68. The molecule has 2 rings (SSSR count). The number of hydrogen-bond donors (Lipinski definition) is 0. The number of benzene rings is 1. The summed E-state index contributed by atoms with van der Waals surface area (Å²) in [6.45, 7) is 5.32. The molecule has 0 aliphatic heterocycles. The molecule has 0 atom stereocenters. The average molecular weight is 250 g/mol. The molecule has 0 spiro atoms. The highest BCUT2D eigenvalue weighted by atomic mass is 32.1. The first-order valence-corrected chi connectivity index (χ1v) is 6.44. The molecule has 2 nitrogen and oxygen atoms in total. The van der Waals surface area contributed by atoms with Crippen LogP contribution < -0.4 is 0 Å². The summed E-state index contributed by atoms with van der Waals surface area (Å²) in [6.07, 6.45) is 0. The highest BCUT2D eigenvalue weighted by molar-refractivity contribution is 7.71. The lowest BCUT2D eigenvalue weighted by molar-refractivity contribution is 0.547. The van der Waals surface area contributed by atoms with E-state index in [9.17, 15) is 0 Å². The van der Waals surface area contributed by atoms with Gasteiger partial charge in [0, 0.05) is 23.8 Å². The lowest BCUT2D eigenvalue weighted by Crippen LogP contribution is -2.00. The molecule has 0 bridgehead atoms. The van der Waals surface area contributed by atoms with Gasteiger partial charge in [-0.2, -0.15) is 4.37 Å². The van der Waals surface area contributed by atoms with Gasteiger partial charge in [-0.25, -0.2) is 0 Å². The first kappa shape index (κ1) is 11.5. The summed E-state index contributed by atoms with van der Waals surface area (Å²) in [5, 5.41) is 0. The molecule has 0 unspecified atom stereocenters. The number of aromatic nitrogens is 2. The predicted octanol–water partition coefficient (Wildman–Crippen LogP) is 4.00. The molecule has 0 aliphatic carbocycles. The van der Waals surface area contributed by atoms with E-state index in [4.69, 9.17) is 12.2 Å². The molecule has 0 amide bonds. The Hall–Kier alpha value is -1.00. The Labute approximate surface area is 105 Å². The van der Waals surface area contributed by atoms with Crippen molar-refractivity contribution >= 4 is 23.9 Å². The van der Waals surface area contributed by atoms with Gasteiger partial charge in [0.2, 0.25) is 0 Å². The smallest absolute Gasteiger partial charge is 0.144 e. The molecule has 1 aromatic carbocycles. The molecule has 0 N–H and O–H groups in total. The molecule has 1 heterocycles. The minimum Gasteiger partial charge on any atom is -0.270 e. The fourth-order valence-corrected chi connectivity index (χ4v) is 2.80. The van der Waals surface area contributed by atoms with E-state index in [-0.39, 0.29) is 0 Å². The van der Waals surface area contributed by atoms with Crippen molar-refractivity contribution in [1.29, 1.82) is 0 Å². The quantitative estimate of drug-likeness (QED) is 0.766. The van der Waals surface area contributed by atoms with E-state index < -0.39 is 0 Å². The summed E-state index contributed by atoms with van der Waals surface area (Å²) in [5.41, 5.74) is 2.03. The number of rotatable bonds is 3. The summed E-state index contributed by atoms with van der Waals surface area (Å²) < 4.78 is 7.38. The summed E-state index contributed by atoms with van der Waals surface area (Å²) in [5.74, 6) is 0.593.